The van der Waals surface area contributed by atoms with Crippen LogP contribution in [0.15, 0.2) is 42.9 Å². The summed E-state index contributed by atoms with van der Waals surface area (Å²) in [6.45, 7) is 3.17. The average Bonchev–Trinajstić information content (AvgIpc) is 3.14. The second-order valence-electron chi connectivity index (χ2n) is 5.63. The van der Waals surface area contributed by atoms with E-state index in [-0.39, 0.29) is 5.91 Å². The Balaban J connectivity index is 1.54. The molecule has 3 rings (SSSR count). The van der Waals surface area contributed by atoms with Gasteiger partial charge in [0.1, 0.15) is 5.82 Å². The zero-order chi connectivity index (χ0) is 16.2. The van der Waals surface area contributed by atoms with Gasteiger partial charge in [0.2, 0.25) is 5.91 Å². The first-order chi connectivity index (χ1) is 11.1. The van der Waals surface area contributed by atoms with Crippen molar-refractivity contribution in [3.8, 4) is 0 Å². The van der Waals surface area contributed by atoms with Gasteiger partial charge in [-0.05, 0) is 25.0 Å². The Morgan fingerprint density at radius 2 is 2.26 bits per heavy atom. The number of carbonyl (C=O) groups excluding carboxylic acids is 1. The number of aryl methyl sites for hydroxylation is 1. The number of imidazole rings is 1. The van der Waals surface area contributed by atoms with Gasteiger partial charge in [0.05, 0.1) is 6.04 Å². The molecule has 0 aliphatic heterocycles. The zero-order valence-corrected chi connectivity index (χ0v) is 13.1. The molecule has 2 heterocycles. The normalized spacial score (nSPS) is 12.4. The third-order valence-corrected chi connectivity index (χ3v) is 4.03. The van der Waals surface area contributed by atoms with Crippen molar-refractivity contribution in [2.75, 3.05) is 6.54 Å². The van der Waals surface area contributed by atoms with Crippen LogP contribution in [-0.4, -0.2) is 33.0 Å². The van der Waals surface area contributed by atoms with Gasteiger partial charge in [-0.1, -0.05) is 18.2 Å². The number of nitrogens with two attached hydrogens (primary N) is 1. The van der Waals surface area contributed by atoms with Crippen LogP contribution in [-0.2, 0) is 17.8 Å². The van der Waals surface area contributed by atoms with Gasteiger partial charge >= 0.3 is 0 Å². The quantitative estimate of drug-likeness (QED) is 0.642. The minimum Gasteiger partial charge on any atom is -0.361 e. The number of nitrogens with one attached hydrogen (secondary N) is 2. The van der Waals surface area contributed by atoms with Gasteiger partial charge in [0.15, 0.2) is 0 Å². The van der Waals surface area contributed by atoms with Crippen molar-refractivity contribution >= 4 is 16.8 Å². The molecule has 0 fully saturated rings. The number of aromatic amines is 1. The molecular weight excluding hydrogens is 290 g/mol. The number of nitrogens with zero attached hydrogens (tertiary/aromatic N) is 2. The van der Waals surface area contributed by atoms with Crippen LogP contribution in [0.3, 0.4) is 0 Å². The molecule has 0 saturated carbocycles. The SMILES string of the molecule is Cc1nccn1CCNC(=O)[C@@H](N)Cc1c[nH]c2ccccc12. The summed E-state index contributed by atoms with van der Waals surface area (Å²) in [5, 5.41) is 4.00. The van der Waals surface area contributed by atoms with Crippen LogP contribution in [0.4, 0.5) is 0 Å². The standard InChI is InChI=1S/C17H21N5O/c1-12-19-6-8-22(12)9-7-20-17(23)15(18)10-13-11-21-16-5-3-2-4-14(13)16/h2-6,8,11,15,21H,7,9-10,18H2,1H3,(H,20,23)/t15-/m0/s1. The Labute approximate surface area is 134 Å². The number of hydrogen-bond acceptors (Lipinski definition) is 3. The molecule has 23 heavy (non-hydrogen) atoms. The lowest BCUT2D eigenvalue weighted by Gasteiger charge is -2.12. The van der Waals surface area contributed by atoms with E-state index in [9.17, 15) is 4.79 Å². The molecule has 4 N–H and O–H groups in total. The minimum atomic E-state index is -0.557. The maximum absolute atomic E-state index is 12.1. The van der Waals surface area contributed by atoms with Crippen LogP contribution in [0.5, 0.6) is 0 Å². The Morgan fingerprint density at radius 1 is 1.43 bits per heavy atom. The molecule has 6 heteroatoms. The minimum absolute atomic E-state index is 0.131. The number of H-pyrrole nitrogens is 1. The van der Waals surface area contributed by atoms with Crippen molar-refractivity contribution in [1.82, 2.24) is 19.9 Å². The largest absolute Gasteiger partial charge is 0.361 e. The molecule has 0 bridgehead atoms. The van der Waals surface area contributed by atoms with Crippen LogP contribution in [0.2, 0.25) is 0 Å². The van der Waals surface area contributed by atoms with Crippen molar-refractivity contribution in [2.45, 2.75) is 25.9 Å². The average molecular weight is 311 g/mol. The molecule has 0 aliphatic rings. The summed E-state index contributed by atoms with van der Waals surface area (Å²) in [6.07, 6.45) is 6.08. The third-order valence-electron chi connectivity index (χ3n) is 4.03. The summed E-state index contributed by atoms with van der Waals surface area (Å²) >= 11 is 0. The first kappa shape index (κ1) is 15.3. The van der Waals surface area contributed by atoms with Gasteiger partial charge in [0, 0.05) is 42.6 Å². The van der Waals surface area contributed by atoms with Crippen LogP contribution in [0, 0.1) is 6.92 Å². The summed E-state index contributed by atoms with van der Waals surface area (Å²) in [5.74, 6) is 0.801. The molecule has 1 amide bonds. The van der Waals surface area contributed by atoms with Crippen LogP contribution >= 0.6 is 0 Å². The summed E-state index contributed by atoms with van der Waals surface area (Å²) in [5.41, 5.74) is 8.17. The van der Waals surface area contributed by atoms with Crippen molar-refractivity contribution in [2.24, 2.45) is 5.73 Å². The van der Waals surface area contributed by atoms with Crippen LogP contribution in [0.25, 0.3) is 10.9 Å². The number of aromatic nitrogens is 3. The van der Waals surface area contributed by atoms with E-state index >= 15 is 0 Å². The van der Waals surface area contributed by atoms with Gasteiger partial charge in [-0.25, -0.2) is 4.98 Å². The van der Waals surface area contributed by atoms with Gasteiger partial charge in [-0.2, -0.15) is 0 Å². The van der Waals surface area contributed by atoms with Crippen LogP contribution < -0.4 is 11.1 Å². The second kappa shape index (κ2) is 6.66. The molecule has 2 aromatic heterocycles. The fourth-order valence-electron chi connectivity index (χ4n) is 2.70. The smallest absolute Gasteiger partial charge is 0.237 e. The topological polar surface area (TPSA) is 88.7 Å². The molecule has 0 radical (unpaired) electrons. The number of fused-ring (bicyclic) bond motifs is 1. The molecule has 0 unspecified atom stereocenters. The Hall–Kier alpha value is -2.60. The predicted molar refractivity (Wildman–Crippen MR) is 90.0 cm³/mol. The van der Waals surface area contributed by atoms with Gasteiger partial charge < -0.3 is 20.6 Å². The van der Waals surface area contributed by atoms with E-state index in [0.29, 0.717) is 19.5 Å². The van der Waals surface area contributed by atoms with Gasteiger partial charge in [0.25, 0.3) is 0 Å². The number of para-hydroxylation sites is 1. The number of carbonyl (C=O) groups is 1. The summed E-state index contributed by atoms with van der Waals surface area (Å²) in [4.78, 5) is 19.5. The summed E-state index contributed by atoms with van der Waals surface area (Å²) < 4.78 is 1.99. The molecule has 0 saturated heterocycles. The van der Waals surface area contributed by atoms with Crippen molar-refractivity contribution < 1.29 is 4.79 Å². The van der Waals surface area contributed by atoms with Crippen molar-refractivity contribution in [1.29, 1.82) is 0 Å². The third kappa shape index (κ3) is 3.43. The summed E-state index contributed by atoms with van der Waals surface area (Å²) in [6, 6.07) is 7.45. The molecule has 0 spiro atoms. The number of hydrogen-bond donors (Lipinski definition) is 3. The van der Waals surface area contributed by atoms with Gasteiger partial charge in [-0.15, -0.1) is 0 Å². The van der Waals surface area contributed by atoms with Crippen molar-refractivity contribution in [3.05, 3.63) is 54.2 Å². The lowest BCUT2D eigenvalue weighted by Crippen LogP contribution is -2.43. The lowest BCUT2D eigenvalue weighted by atomic mass is 10.1. The van der Waals surface area contributed by atoms with Crippen molar-refractivity contribution in [3.63, 3.8) is 0 Å². The number of rotatable bonds is 6. The Kier molecular flexibility index (Phi) is 4.43. The van der Waals surface area contributed by atoms with E-state index < -0.39 is 6.04 Å². The fraction of sp³-hybridized carbons (Fsp3) is 0.294. The second-order valence-corrected chi connectivity index (χ2v) is 5.63. The first-order valence-corrected chi connectivity index (χ1v) is 7.71. The highest BCUT2D eigenvalue weighted by molar-refractivity contribution is 5.86. The highest BCUT2D eigenvalue weighted by atomic mass is 16.2. The molecular formula is C17H21N5O. The highest BCUT2D eigenvalue weighted by Gasteiger charge is 2.15. The first-order valence-electron chi connectivity index (χ1n) is 7.71. The Morgan fingerprint density at radius 3 is 3.04 bits per heavy atom. The lowest BCUT2D eigenvalue weighted by molar-refractivity contribution is -0.122. The Bertz CT molecular complexity index is 804. The summed E-state index contributed by atoms with van der Waals surface area (Å²) in [7, 11) is 0. The highest BCUT2D eigenvalue weighted by Crippen LogP contribution is 2.18. The fourth-order valence-corrected chi connectivity index (χ4v) is 2.70. The molecule has 120 valence electrons. The molecule has 6 nitrogen and oxygen atoms in total. The monoisotopic (exact) mass is 311 g/mol. The van der Waals surface area contributed by atoms with E-state index in [1.54, 1.807) is 6.20 Å². The van der Waals surface area contributed by atoms with E-state index in [4.69, 9.17) is 5.73 Å². The van der Waals surface area contributed by atoms with E-state index in [1.165, 1.54) is 0 Å². The maximum atomic E-state index is 12.1. The molecule has 0 aliphatic carbocycles. The van der Waals surface area contributed by atoms with Gasteiger partial charge in [-0.3, -0.25) is 4.79 Å². The predicted octanol–water partition coefficient (Wildman–Crippen LogP) is 1.36. The molecule has 3 aromatic rings. The molecule has 1 aromatic carbocycles. The molecule has 1 atom stereocenters. The number of amides is 1. The maximum Gasteiger partial charge on any atom is 0.237 e. The van der Waals surface area contributed by atoms with E-state index in [0.717, 1.165) is 22.3 Å². The van der Waals surface area contributed by atoms with Crippen LogP contribution in [0.1, 0.15) is 11.4 Å². The van der Waals surface area contributed by atoms with E-state index in [1.807, 2.05) is 48.1 Å². The van der Waals surface area contributed by atoms with E-state index in [2.05, 4.69) is 15.3 Å². The zero-order valence-electron chi connectivity index (χ0n) is 13.1. The number of benzene rings is 1.